The van der Waals surface area contributed by atoms with Gasteiger partial charge in [-0.15, -0.1) is 0 Å². The van der Waals surface area contributed by atoms with Crippen molar-refractivity contribution in [1.82, 2.24) is 4.31 Å². The molecule has 0 saturated carbocycles. The van der Waals surface area contributed by atoms with Gasteiger partial charge in [-0.05, 0) is 38.5 Å². The van der Waals surface area contributed by atoms with Gasteiger partial charge in [0.1, 0.15) is 10.6 Å². The highest BCUT2D eigenvalue weighted by atomic mass is 32.2. The van der Waals surface area contributed by atoms with Gasteiger partial charge in [-0.1, -0.05) is 0 Å². The highest BCUT2D eigenvalue weighted by molar-refractivity contribution is 7.89. The number of aliphatic carboxylic acids is 1. The molecule has 138 valence electrons. The maximum Gasteiger partial charge on any atom is 0.338 e. The van der Waals surface area contributed by atoms with Gasteiger partial charge in [-0.3, -0.25) is 4.79 Å². The summed E-state index contributed by atoms with van der Waals surface area (Å²) in [5.41, 5.74) is -1.06. The Hall–Kier alpha value is -2.13. The average Bonchev–Trinajstić information content (AvgIpc) is 2.99. The molecule has 0 aliphatic carbocycles. The molecule has 0 aromatic heterocycles. The maximum atomic E-state index is 13.0. The number of ether oxygens (including phenoxy) is 2. The minimum absolute atomic E-state index is 0.0805. The van der Waals surface area contributed by atoms with Crippen molar-refractivity contribution in [2.45, 2.75) is 25.2 Å². The number of carboxylic acid groups (broad SMARTS) is 1. The van der Waals surface area contributed by atoms with E-state index in [9.17, 15) is 23.1 Å². The normalized spacial score (nSPS) is 21.1. The van der Waals surface area contributed by atoms with Crippen LogP contribution in [0.15, 0.2) is 23.1 Å². The van der Waals surface area contributed by atoms with Crippen molar-refractivity contribution >= 4 is 22.0 Å². The minimum Gasteiger partial charge on any atom is -0.495 e. The number of esters is 1. The molecule has 25 heavy (non-hydrogen) atoms. The van der Waals surface area contributed by atoms with Gasteiger partial charge in [0.15, 0.2) is 0 Å². The molecule has 1 heterocycles. The Morgan fingerprint density at radius 1 is 1.36 bits per heavy atom. The van der Waals surface area contributed by atoms with Crippen LogP contribution in [0.2, 0.25) is 0 Å². The van der Waals surface area contributed by atoms with E-state index in [0.29, 0.717) is 0 Å². The minimum atomic E-state index is -4.02. The quantitative estimate of drug-likeness (QED) is 0.752. The summed E-state index contributed by atoms with van der Waals surface area (Å²) in [6.07, 6.45) is 0.210. The first-order valence-electron chi connectivity index (χ1n) is 7.74. The number of sulfonamides is 1. The lowest BCUT2D eigenvalue weighted by molar-refractivity contribution is -0.146. The summed E-state index contributed by atoms with van der Waals surface area (Å²) in [4.78, 5) is 23.1. The van der Waals surface area contributed by atoms with Crippen LogP contribution in [-0.2, 0) is 19.6 Å². The van der Waals surface area contributed by atoms with Gasteiger partial charge in [-0.25, -0.2) is 13.2 Å². The lowest BCUT2D eigenvalue weighted by Gasteiger charge is -2.21. The average molecular weight is 371 g/mol. The number of carboxylic acids is 1. The predicted octanol–water partition coefficient (Wildman–Crippen LogP) is 1.36. The van der Waals surface area contributed by atoms with Crippen LogP contribution in [0.5, 0.6) is 5.75 Å². The number of benzene rings is 1. The molecule has 1 aromatic carbocycles. The lowest BCUT2D eigenvalue weighted by atomic mass is 9.90. The van der Waals surface area contributed by atoms with Gasteiger partial charge >= 0.3 is 11.9 Å². The number of methoxy groups -OCH3 is 1. The second kappa shape index (κ2) is 7.01. The van der Waals surface area contributed by atoms with Crippen molar-refractivity contribution in [3.05, 3.63) is 23.8 Å². The number of rotatable bonds is 6. The first-order chi connectivity index (χ1) is 11.7. The fourth-order valence-corrected chi connectivity index (χ4v) is 4.40. The topological polar surface area (TPSA) is 110 Å². The Kier molecular flexibility index (Phi) is 5.38. The van der Waals surface area contributed by atoms with Crippen molar-refractivity contribution in [2.24, 2.45) is 5.41 Å². The lowest BCUT2D eigenvalue weighted by Crippen LogP contribution is -2.35. The van der Waals surface area contributed by atoms with E-state index < -0.39 is 27.4 Å². The first-order valence-corrected chi connectivity index (χ1v) is 9.18. The smallest absolute Gasteiger partial charge is 0.338 e. The van der Waals surface area contributed by atoms with E-state index in [4.69, 9.17) is 9.47 Å². The molecule has 1 N–H and O–H groups in total. The molecule has 1 atom stereocenters. The molecule has 0 spiro atoms. The second-order valence-corrected chi connectivity index (χ2v) is 7.95. The molecule has 1 unspecified atom stereocenters. The molecule has 1 aromatic rings. The molecule has 8 nitrogen and oxygen atoms in total. The van der Waals surface area contributed by atoms with E-state index >= 15 is 0 Å². The molecule has 0 radical (unpaired) electrons. The molecule has 1 saturated heterocycles. The Morgan fingerprint density at radius 2 is 2.04 bits per heavy atom. The van der Waals surface area contributed by atoms with Crippen molar-refractivity contribution < 1.29 is 32.6 Å². The number of hydrogen-bond donors (Lipinski definition) is 1. The zero-order chi connectivity index (χ0) is 18.8. The summed E-state index contributed by atoms with van der Waals surface area (Å²) in [7, 11) is -2.70. The highest BCUT2D eigenvalue weighted by Gasteiger charge is 2.45. The van der Waals surface area contributed by atoms with Crippen molar-refractivity contribution in [2.75, 3.05) is 26.8 Å². The van der Waals surface area contributed by atoms with Crippen LogP contribution in [0.1, 0.15) is 30.6 Å². The van der Waals surface area contributed by atoms with Crippen LogP contribution in [0.3, 0.4) is 0 Å². The van der Waals surface area contributed by atoms with Crippen molar-refractivity contribution in [3.63, 3.8) is 0 Å². The number of hydrogen-bond acceptors (Lipinski definition) is 6. The van der Waals surface area contributed by atoms with E-state index in [1.165, 1.54) is 32.2 Å². The number of carbonyl (C=O) groups excluding carboxylic acids is 1. The summed E-state index contributed by atoms with van der Waals surface area (Å²) in [5, 5.41) is 9.30. The third-order valence-electron chi connectivity index (χ3n) is 4.25. The van der Waals surface area contributed by atoms with Crippen LogP contribution in [0, 0.1) is 5.41 Å². The standard InChI is InChI=1S/C16H21NO7S/c1-4-24-14(18)11-5-6-12(23-3)13(9-11)25(21,22)17-8-7-16(2,10-17)15(19)20/h5-6,9H,4,7-8,10H2,1-3H3,(H,19,20). The van der Waals surface area contributed by atoms with Crippen LogP contribution >= 0.6 is 0 Å². The monoisotopic (exact) mass is 371 g/mol. The largest absolute Gasteiger partial charge is 0.495 e. The van der Waals surface area contributed by atoms with E-state index in [1.54, 1.807) is 6.92 Å². The number of carbonyl (C=O) groups is 2. The van der Waals surface area contributed by atoms with Gasteiger partial charge in [0.05, 0.1) is 24.7 Å². The predicted molar refractivity (Wildman–Crippen MR) is 88.1 cm³/mol. The van der Waals surface area contributed by atoms with E-state index in [-0.39, 0.29) is 42.3 Å². The van der Waals surface area contributed by atoms with Crippen LogP contribution in [0.25, 0.3) is 0 Å². The fraction of sp³-hybridized carbons (Fsp3) is 0.500. The van der Waals surface area contributed by atoms with E-state index in [0.717, 1.165) is 4.31 Å². The zero-order valence-electron chi connectivity index (χ0n) is 14.3. The van der Waals surface area contributed by atoms with E-state index in [1.807, 2.05) is 0 Å². The molecule has 0 bridgehead atoms. The van der Waals surface area contributed by atoms with Crippen molar-refractivity contribution in [3.8, 4) is 5.75 Å². The third kappa shape index (κ3) is 3.62. The second-order valence-electron chi connectivity index (χ2n) is 6.04. The van der Waals surface area contributed by atoms with E-state index in [2.05, 4.69) is 0 Å². The van der Waals surface area contributed by atoms with Crippen LogP contribution < -0.4 is 4.74 Å². The summed E-state index contributed by atoms with van der Waals surface area (Å²) in [6.45, 7) is 3.26. The fourth-order valence-electron chi connectivity index (χ4n) is 2.66. The molecule has 9 heteroatoms. The molecule has 0 amide bonds. The molecular weight excluding hydrogens is 350 g/mol. The summed E-state index contributed by atoms with van der Waals surface area (Å²) >= 11 is 0. The summed E-state index contributed by atoms with van der Waals surface area (Å²) in [5.74, 6) is -1.60. The van der Waals surface area contributed by atoms with Gasteiger partial charge in [0, 0.05) is 13.1 Å². The van der Waals surface area contributed by atoms with Crippen LogP contribution in [0.4, 0.5) is 0 Å². The summed E-state index contributed by atoms with van der Waals surface area (Å²) in [6, 6.07) is 4.00. The van der Waals surface area contributed by atoms with Gasteiger partial charge in [-0.2, -0.15) is 4.31 Å². The Balaban J connectivity index is 2.43. The highest BCUT2D eigenvalue weighted by Crippen LogP contribution is 2.36. The molecular formula is C16H21NO7S. The molecule has 1 aliphatic heterocycles. The third-order valence-corrected chi connectivity index (χ3v) is 6.11. The Labute approximate surface area is 146 Å². The Morgan fingerprint density at radius 3 is 2.56 bits per heavy atom. The number of nitrogens with zero attached hydrogens (tertiary/aromatic N) is 1. The SMILES string of the molecule is CCOC(=O)c1ccc(OC)c(S(=O)(=O)N2CCC(C)(C(=O)O)C2)c1. The first kappa shape index (κ1) is 19.2. The van der Waals surface area contributed by atoms with Crippen molar-refractivity contribution in [1.29, 1.82) is 0 Å². The van der Waals surface area contributed by atoms with Gasteiger partial charge in [0.2, 0.25) is 10.0 Å². The van der Waals surface area contributed by atoms with Crippen LogP contribution in [-0.4, -0.2) is 56.6 Å². The Bertz CT molecular complexity index is 790. The summed E-state index contributed by atoms with van der Waals surface area (Å²) < 4.78 is 37.0. The van der Waals surface area contributed by atoms with Gasteiger partial charge < -0.3 is 14.6 Å². The van der Waals surface area contributed by atoms with Gasteiger partial charge in [0.25, 0.3) is 0 Å². The maximum absolute atomic E-state index is 13.0. The molecule has 2 rings (SSSR count). The molecule has 1 aliphatic rings. The zero-order valence-corrected chi connectivity index (χ0v) is 15.1. The molecule has 1 fully saturated rings.